The predicted octanol–water partition coefficient (Wildman–Crippen LogP) is 5.19. The minimum atomic E-state index is 0.539. The first-order valence-corrected chi connectivity index (χ1v) is 7.72. The van der Waals surface area contributed by atoms with Crippen molar-refractivity contribution < 1.29 is 4.74 Å². The highest BCUT2D eigenvalue weighted by atomic mass is 16.5. The second kappa shape index (κ2) is 8.95. The van der Waals surface area contributed by atoms with E-state index in [1.165, 1.54) is 44.2 Å². The number of nitrogens with zero attached hydrogens (tertiary/aromatic N) is 1. The number of ether oxygens (including phenoxy) is 1. The van der Waals surface area contributed by atoms with Gasteiger partial charge in [-0.25, -0.2) is 0 Å². The zero-order valence-corrected chi connectivity index (χ0v) is 13.0. The summed E-state index contributed by atoms with van der Waals surface area (Å²) < 4.78 is 5.17. The van der Waals surface area contributed by atoms with Crippen LogP contribution in [0.5, 0.6) is 5.75 Å². The molecular weight excluding hydrogens is 234 g/mol. The van der Waals surface area contributed by atoms with Gasteiger partial charge in [0.15, 0.2) is 0 Å². The van der Waals surface area contributed by atoms with Crippen LogP contribution in [0, 0.1) is 5.92 Å². The molecule has 0 saturated carbocycles. The lowest BCUT2D eigenvalue weighted by Crippen LogP contribution is -2.11. The third-order valence-electron chi connectivity index (χ3n) is 4.12. The topological polar surface area (TPSA) is 22.1 Å². The van der Waals surface area contributed by atoms with Gasteiger partial charge in [-0.2, -0.15) is 0 Å². The molecule has 2 atom stereocenters. The van der Waals surface area contributed by atoms with Gasteiger partial charge in [0.1, 0.15) is 5.75 Å². The van der Waals surface area contributed by atoms with Crippen LogP contribution in [0.15, 0.2) is 18.3 Å². The van der Waals surface area contributed by atoms with E-state index < -0.39 is 0 Å². The Bertz CT molecular complexity index is 334. The third-order valence-corrected chi connectivity index (χ3v) is 4.12. The molecule has 0 amide bonds. The van der Waals surface area contributed by atoms with Crippen molar-refractivity contribution in [1.82, 2.24) is 4.98 Å². The van der Waals surface area contributed by atoms with Gasteiger partial charge in [0.25, 0.3) is 0 Å². The molecule has 1 rings (SSSR count). The highest BCUT2D eigenvalue weighted by molar-refractivity contribution is 5.21. The molecule has 0 aliphatic carbocycles. The molecule has 1 aromatic heterocycles. The van der Waals surface area contributed by atoms with Crippen LogP contribution in [0.1, 0.15) is 70.9 Å². The van der Waals surface area contributed by atoms with E-state index in [0.717, 1.165) is 11.7 Å². The Kier molecular flexibility index (Phi) is 7.54. The van der Waals surface area contributed by atoms with E-state index in [4.69, 9.17) is 4.74 Å². The highest BCUT2D eigenvalue weighted by Gasteiger charge is 2.18. The van der Waals surface area contributed by atoms with Crippen molar-refractivity contribution in [3.8, 4) is 5.75 Å². The van der Waals surface area contributed by atoms with Crippen LogP contribution in [0.2, 0.25) is 0 Å². The molecule has 0 aliphatic rings. The third kappa shape index (κ3) is 5.22. The number of hydrogen-bond acceptors (Lipinski definition) is 2. The summed E-state index contributed by atoms with van der Waals surface area (Å²) in [5.74, 6) is 2.13. The van der Waals surface area contributed by atoms with Gasteiger partial charge in [-0.1, -0.05) is 52.9 Å². The van der Waals surface area contributed by atoms with Crippen LogP contribution in [0.3, 0.4) is 0 Å². The number of methoxy groups -OCH3 is 1. The first-order chi connectivity index (χ1) is 9.22. The molecule has 0 aromatic carbocycles. The van der Waals surface area contributed by atoms with Gasteiger partial charge in [-0.3, -0.25) is 4.98 Å². The molecule has 1 aromatic rings. The first kappa shape index (κ1) is 16.0. The summed E-state index contributed by atoms with van der Waals surface area (Å²) in [4.78, 5) is 4.54. The number of pyridine rings is 1. The van der Waals surface area contributed by atoms with Gasteiger partial charge in [0.05, 0.1) is 13.3 Å². The molecule has 1 heterocycles. The Morgan fingerprint density at radius 2 is 1.95 bits per heavy atom. The molecule has 0 aliphatic heterocycles. The summed E-state index contributed by atoms with van der Waals surface area (Å²) in [6, 6.07) is 4.13. The molecule has 0 N–H and O–H groups in total. The lowest BCUT2D eigenvalue weighted by atomic mass is 9.84. The minimum absolute atomic E-state index is 0.539. The number of unbranched alkanes of at least 4 members (excludes halogenated alkanes) is 3. The molecule has 0 fully saturated rings. The van der Waals surface area contributed by atoms with Crippen LogP contribution >= 0.6 is 0 Å². The molecule has 0 spiro atoms. The Balaban J connectivity index is 2.53. The second-order valence-corrected chi connectivity index (χ2v) is 5.43. The van der Waals surface area contributed by atoms with Crippen molar-refractivity contribution >= 4 is 0 Å². The Morgan fingerprint density at radius 1 is 1.16 bits per heavy atom. The minimum Gasteiger partial charge on any atom is -0.495 e. The van der Waals surface area contributed by atoms with Gasteiger partial charge >= 0.3 is 0 Å². The molecule has 19 heavy (non-hydrogen) atoms. The predicted molar refractivity (Wildman–Crippen MR) is 81.7 cm³/mol. The van der Waals surface area contributed by atoms with Gasteiger partial charge in [-0.15, -0.1) is 0 Å². The molecule has 0 bridgehead atoms. The fraction of sp³-hybridized carbons (Fsp3) is 0.706. The lowest BCUT2D eigenvalue weighted by molar-refractivity contribution is 0.377. The van der Waals surface area contributed by atoms with Crippen LogP contribution < -0.4 is 4.74 Å². The van der Waals surface area contributed by atoms with Gasteiger partial charge in [0.2, 0.25) is 0 Å². The molecule has 2 nitrogen and oxygen atoms in total. The Labute approximate surface area is 118 Å². The molecule has 0 saturated heterocycles. The SMILES string of the molecule is CCCCCCC(CC)C(C)c1ccc(OC)cn1. The normalized spacial score (nSPS) is 14.1. The van der Waals surface area contributed by atoms with Crippen LogP contribution in [0.4, 0.5) is 0 Å². The molecule has 108 valence electrons. The molecule has 2 heteroatoms. The monoisotopic (exact) mass is 263 g/mol. The van der Waals surface area contributed by atoms with E-state index in [-0.39, 0.29) is 0 Å². The van der Waals surface area contributed by atoms with Crippen molar-refractivity contribution in [3.05, 3.63) is 24.0 Å². The number of hydrogen-bond donors (Lipinski definition) is 0. The highest BCUT2D eigenvalue weighted by Crippen LogP contribution is 2.30. The summed E-state index contributed by atoms with van der Waals surface area (Å²) in [5.41, 5.74) is 1.20. The van der Waals surface area contributed by atoms with Crippen molar-refractivity contribution in [1.29, 1.82) is 0 Å². The van der Waals surface area contributed by atoms with Crippen molar-refractivity contribution in [2.24, 2.45) is 5.92 Å². The van der Waals surface area contributed by atoms with Crippen molar-refractivity contribution in [2.75, 3.05) is 7.11 Å². The zero-order valence-electron chi connectivity index (χ0n) is 13.0. The van der Waals surface area contributed by atoms with Crippen molar-refractivity contribution in [2.45, 2.75) is 65.2 Å². The Morgan fingerprint density at radius 3 is 2.47 bits per heavy atom. The van der Waals surface area contributed by atoms with Crippen LogP contribution in [0.25, 0.3) is 0 Å². The maximum absolute atomic E-state index is 5.17. The van der Waals surface area contributed by atoms with E-state index in [1.54, 1.807) is 7.11 Å². The molecule has 2 unspecified atom stereocenters. The van der Waals surface area contributed by atoms with E-state index >= 15 is 0 Å². The maximum atomic E-state index is 5.17. The van der Waals surface area contributed by atoms with Gasteiger partial charge in [-0.05, 0) is 24.5 Å². The fourth-order valence-corrected chi connectivity index (χ4v) is 2.66. The van der Waals surface area contributed by atoms with Crippen molar-refractivity contribution in [3.63, 3.8) is 0 Å². The van der Waals surface area contributed by atoms with E-state index in [1.807, 2.05) is 12.3 Å². The fourth-order valence-electron chi connectivity index (χ4n) is 2.66. The maximum Gasteiger partial charge on any atom is 0.137 e. The van der Waals surface area contributed by atoms with Crippen LogP contribution in [-0.2, 0) is 0 Å². The lowest BCUT2D eigenvalue weighted by Gasteiger charge is -2.22. The van der Waals surface area contributed by atoms with Gasteiger partial charge in [0, 0.05) is 11.6 Å². The number of aromatic nitrogens is 1. The smallest absolute Gasteiger partial charge is 0.137 e. The zero-order chi connectivity index (χ0) is 14.1. The largest absolute Gasteiger partial charge is 0.495 e. The Hall–Kier alpha value is -1.05. The quantitative estimate of drug-likeness (QED) is 0.572. The molecular formula is C17H29NO. The van der Waals surface area contributed by atoms with E-state index in [9.17, 15) is 0 Å². The van der Waals surface area contributed by atoms with Gasteiger partial charge < -0.3 is 4.74 Å². The van der Waals surface area contributed by atoms with E-state index in [0.29, 0.717) is 5.92 Å². The first-order valence-electron chi connectivity index (χ1n) is 7.72. The average Bonchev–Trinajstić information content (AvgIpc) is 2.47. The summed E-state index contributed by atoms with van der Waals surface area (Å²) in [6.07, 6.45) is 9.79. The van der Waals surface area contributed by atoms with Crippen LogP contribution in [-0.4, -0.2) is 12.1 Å². The number of rotatable bonds is 9. The summed E-state index contributed by atoms with van der Waals surface area (Å²) in [5, 5.41) is 0. The summed E-state index contributed by atoms with van der Waals surface area (Å²) in [6.45, 7) is 6.87. The standard InChI is InChI=1S/C17H29NO/c1-5-7-8-9-10-15(6-2)14(3)17-12-11-16(19-4)13-18-17/h11-15H,5-10H2,1-4H3. The second-order valence-electron chi connectivity index (χ2n) is 5.43. The summed E-state index contributed by atoms with van der Waals surface area (Å²) in [7, 11) is 1.68. The summed E-state index contributed by atoms with van der Waals surface area (Å²) >= 11 is 0. The average molecular weight is 263 g/mol. The molecule has 0 radical (unpaired) electrons. The van der Waals surface area contributed by atoms with E-state index in [2.05, 4.69) is 31.8 Å².